The number of carbonyl (C=O) groups excluding carboxylic acids is 1. The number of halogens is 1. The smallest absolute Gasteiger partial charge is 0.260 e. The highest BCUT2D eigenvalue weighted by molar-refractivity contribution is 6.32. The topological polar surface area (TPSA) is 51.5 Å². The molecule has 0 fully saturated rings. The molecule has 94 valence electrons. The monoisotopic (exact) mass is 265 g/mol. The van der Waals surface area contributed by atoms with Crippen LogP contribution in [0.15, 0.2) is 34.9 Å². The molecule has 1 heterocycles. The maximum absolute atomic E-state index is 11.9. The first kappa shape index (κ1) is 12.5. The molecule has 0 saturated heterocycles. The van der Waals surface area contributed by atoms with Crippen LogP contribution in [0.4, 0.5) is 5.69 Å². The third-order valence-corrected chi connectivity index (χ3v) is 2.81. The highest BCUT2D eigenvalue weighted by Gasteiger charge is 2.13. The number of hydrogen-bond acceptors (Lipinski definition) is 3. The number of benzene rings is 1. The molecule has 0 bridgehead atoms. The van der Waals surface area contributed by atoms with Gasteiger partial charge in [0.2, 0.25) is 5.22 Å². The van der Waals surface area contributed by atoms with Crippen LogP contribution in [0.3, 0.4) is 0 Å². The van der Waals surface area contributed by atoms with Crippen molar-refractivity contribution in [2.24, 2.45) is 0 Å². The van der Waals surface area contributed by atoms with Gasteiger partial charge in [0.15, 0.2) is 0 Å². The van der Waals surface area contributed by atoms with Crippen molar-refractivity contribution < 1.29 is 13.9 Å². The van der Waals surface area contributed by atoms with E-state index in [0.717, 1.165) is 11.3 Å². The summed E-state index contributed by atoms with van der Waals surface area (Å²) in [6, 6.07) is 6.90. The lowest BCUT2D eigenvalue weighted by atomic mass is 10.2. The quantitative estimate of drug-likeness (QED) is 0.924. The highest BCUT2D eigenvalue weighted by atomic mass is 35.5. The number of methoxy groups -OCH3 is 1. The highest BCUT2D eigenvalue weighted by Crippen LogP contribution is 2.23. The molecule has 0 saturated carbocycles. The summed E-state index contributed by atoms with van der Waals surface area (Å²) in [6.45, 7) is 1.90. The molecule has 1 N–H and O–H groups in total. The van der Waals surface area contributed by atoms with Crippen LogP contribution in [0.5, 0.6) is 5.75 Å². The van der Waals surface area contributed by atoms with Crippen LogP contribution in [0, 0.1) is 6.92 Å². The van der Waals surface area contributed by atoms with E-state index in [0.29, 0.717) is 11.3 Å². The lowest BCUT2D eigenvalue weighted by molar-refractivity contribution is 0.102. The minimum absolute atomic E-state index is 0.0812. The Morgan fingerprint density at radius 1 is 1.39 bits per heavy atom. The molecule has 1 amide bonds. The second-order valence-electron chi connectivity index (χ2n) is 3.75. The third-order valence-electron chi connectivity index (χ3n) is 2.52. The van der Waals surface area contributed by atoms with Crippen LogP contribution in [-0.4, -0.2) is 13.0 Å². The van der Waals surface area contributed by atoms with Crippen LogP contribution in [0.2, 0.25) is 5.22 Å². The number of hydrogen-bond donors (Lipinski definition) is 1. The van der Waals surface area contributed by atoms with Gasteiger partial charge in [0.05, 0.1) is 18.9 Å². The van der Waals surface area contributed by atoms with E-state index in [4.69, 9.17) is 20.8 Å². The lowest BCUT2D eigenvalue weighted by Gasteiger charge is -2.08. The summed E-state index contributed by atoms with van der Waals surface area (Å²) in [4.78, 5) is 11.9. The molecule has 0 spiro atoms. The average molecular weight is 266 g/mol. The Bertz CT molecular complexity index is 577. The Morgan fingerprint density at radius 2 is 2.17 bits per heavy atom. The summed E-state index contributed by atoms with van der Waals surface area (Å²) >= 11 is 5.73. The number of ether oxygens (including phenoxy) is 1. The van der Waals surface area contributed by atoms with Gasteiger partial charge in [-0.05, 0) is 48.4 Å². The van der Waals surface area contributed by atoms with E-state index >= 15 is 0 Å². The zero-order valence-corrected chi connectivity index (χ0v) is 10.7. The summed E-state index contributed by atoms with van der Waals surface area (Å²) in [5, 5.41) is 2.82. The van der Waals surface area contributed by atoms with Crippen molar-refractivity contribution in [3.05, 3.63) is 46.9 Å². The maximum Gasteiger partial charge on any atom is 0.260 e. The third kappa shape index (κ3) is 2.49. The molecule has 1 aromatic carbocycles. The summed E-state index contributed by atoms with van der Waals surface area (Å²) < 4.78 is 10.0. The zero-order chi connectivity index (χ0) is 13.1. The van der Waals surface area contributed by atoms with Crippen LogP contribution in [0.25, 0.3) is 0 Å². The van der Waals surface area contributed by atoms with Gasteiger partial charge in [-0.3, -0.25) is 4.79 Å². The number of rotatable bonds is 3. The summed E-state index contributed by atoms with van der Waals surface area (Å²) in [7, 11) is 1.60. The molecule has 18 heavy (non-hydrogen) atoms. The maximum atomic E-state index is 11.9. The molecule has 0 aliphatic carbocycles. The van der Waals surface area contributed by atoms with E-state index in [9.17, 15) is 4.79 Å². The predicted octanol–water partition coefficient (Wildman–Crippen LogP) is 3.50. The Labute approximate surface area is 110 Å². The van der Waals surface area contributed by atoms with Gasteiger partial charge in [-0.15, -0.1) is 0 Å². The standard InChI is InChI=1S/C13H12ClNO3/c1-8-7-9(3-4-11(8)17-2)15-13(16)10-5-6-18-12(10)14/h3-7H,1-2H3,(H,15,16). The van der Waals surface area contributed by atoms with Gasteiger partial charge in [-0.2, -0.15) is 0 Å². The van der Waals surface area contributed by atoms with Gasteiger partial charge < -0.3 is 14.5 Å². The second-order valence-corrected chi connectivity index (χ2v) is 4.09. The minimum Gasteiger partial charge on any atom is -0.496 e. The molecule has 5 heteroatoms. The van der Waals surface area contributed by atoms with Crippen molar-refractivity contribution >= 4 is 23.2 Å². The number of furan rings is 1. The Morgan fingerprint density at radius 3 is 2.72 bits per heavy atom. The number of amides is 1. The van der Waals surface area contributed by atoms with Crippen molar-refractivity contribution in [2.45, 2.75) is 6.92 Å². The van der Waals surface area contributed by atoms with E-state index in [-0.39, 0.29) is 11.1 Å². The molecule has 0 aliphatic heterocycles. The van der Waals surface area contributed by atoms with E-state index in [1.54, 1.807) is 19.2 Å². The van der Waals surface area contributed by atoms with Crippen molar-refractivity contribution in [2.75, 3.05) is 12.4 Å². The van der Waals surface area contributed by atoms with Crippen LogP contribution < -0.4 is 10.1 Å². The first-order chi connectivity index (χ1) is 8.61. The summed E-state index contributed by atoms with van der Waals surface area (Å²) in [5.74, 6) is 0.465. The predicted molar refractivity (Wildman–Crippen MR) is 69.4 cm³/mol. The van der Waals surface area contributed by atoms with Gasteiger partial charge in [-0.1, -0.05) is 0 Å². The molecule has 2 rings (SSSR count). The minimum atomic E-state index is -0.307. The fourth-order valence-corrected chi connectivity index (χ4v) is 1.81. The Hall–Kier alpha value is -1.94. The largest absolute Gasteiger partial charge is 0.496 e. The number of aryl methyl sites for hydroxylation is 1. The lowest BCUT2D eigenvalue weighted by Crippen LogP contribution is -2.11. The van der Waals surface area contributed by atoms with Crippen molar-refractivity contribution in [3.8, 4) is 5.75 Å². The van der Waals surface area contributed by atoms with Crippen molar-refractivity contribution in [1.29, 1.82) is 0 Å². The first-order valence-corrected chi connectivity index (χ1v) is 5.68. The molecule has 1 aromatic heterocycles. The molecular weight excluding hydrogens is 254 g/mol. The van der Waals surface area contributed by atoms with Gasteiger partial charge in [-0.25, -0.2) is 0 Å². The van der Waals surface area contributed by atoms with Crippen LogP contribution in [0.1, 0.15) is 15.9 Å². The van der Waals surface area contributed by atoms with Gasteiger partial charge in [0.25, 0.3) is 5.91 Å². The normalized spacial score (nSPS) is 10.2. The summed E-state index contributed by atoms with van der Waals surface area (Å²) in [6.07, 6.45) is 1.37. The van der Waals surface area contributed by atoms with Gasteiger partial charge in [0.1, 0.15) is 5.75 Å². The Balaban J connectivity index is 2.17. The van der Waals surface area contributed by atoms with Gasteiger partial charge in [0, 0.05) is 5.69 Å². The average Bonchev–Trinajstić information content (AvgIpc) is 2.76. The fraction of sp³-hybridized carbons (Fsp3) is 0.154. The zero-order valence-electron chi connectivity index (χ0n) is 9.99. The van der Waals surface area contributed by atoms with E-state index in [2.05, 4.69) is 5.32 Å². The molecular formula is C13H12ClNO3. The number of anilines is 1. The van der Waals surface area contributed by atoms with Gasteiger partial charge >= 0.3 is 0 Å². The van der Waals surface area contributed by atoms with Crippen LogP contribution in [-0.2, 0) is 0 Å². The Kier molecular flexibility index (Phi) is 3.58. The van der Waals surface area contributed by atoms with E-state index < -0.39 is 0 Å². The fourth-order valence-electron chi connectivity index (χ4n) is 1.61. The molecule has 4 nitrogen and oxygen atoms in total. The molecule has 0 aliphatic rings. The van der Waals surface area contributed by atoms with Crippen molar-refractivity contribution in [1.82, 2.24) is 0 Å². The first-order valence-electron chi connectivity index (χ1n) is 5.31. The molecule has 0 radical (unpaired) electrons. The van der Waals surface area contributed by atoms with E-state index in [1.807, 2.05) is 13.0 Å². The molecule has 2 aromatic rings. The number of carbonyl (C=O) groups is 1. The molecule has 0 unspecified atom stereocenters. The second kappa shape index (κ2) is 5.14. The van der Waals surface area contributed by atoms with Crippen molar-refractivity contribution in [3.63, 3.8) is 0 Å². The van der Waals surface area contributed by atoms with Crippen LogP contribution >= 0.6 is 11.6 Å². The molecule has 0 atom stereocenters. The number of nitrogens with one attached hydrogen (secondary N) is 1. The van der Waals surface area contributed by atoms with E-state index in [1.165, 1.54) is 12.3 Å². The SMILES string of the molecule is COc1ccc(NC(=O)c2ccoc2Cl)cc1C. The summed E-state index contributed by atoms with van der Waals surface area (Å²) in [5.41, 5.74) is 1.93.